The molecule has 0 spiro atoms. The van der Waals surface area contributed by atoms with Gasteiger partial charge in [-0.05, 0) is 23.5 Å². The molecule has 0 amide bonds. The van der Waals surface area contributed by atoms with E-state index in [4.69, 9.17) is 5.11 Å². The first-order valence-corrected chi connectivity index (χ1v) is 8.93. The normalized spacial score (nSPS) is 15.5. The molecule has 1 N–H and O–H groups in total. The molecule has 0 aliphatic heterocycles. The molecule has 0 bridgehead atoms. The van der Waals surface area contributed by atoms with Crippen LogP contribution in [-0.2, 0) is 4.79 Å². The predicted octanol–water partition coefficient (Wildman–Crippen LogP) is 4.63. The minimum absolute atomic E-state index is 0.527. The molecule has 0 aliphatic carbocycles. The standard InChI is InChI=1S/C14H28O2Si/c1-8-13(7)17(10(2)3,11(4)5)9-12(6)14(15)16/h9-11,13H,8H2,1-7H3,(H,15,16). The van der Waals surface area contributed by atoms with Crippen LogP contribution in [0, 0.1) is 0 Å². The van der Waals surface area contributed by atoms with Gasteiger partial charge in [0.05, 0.1) is 8.07 Å². The summed E-state index contributed by atoms with van der Waals surface area (Å²) in [5.74, 6) is -0.772. The van der Waals surface area contributed by atoms with E-state index in [2.05, 4.69) is 47.2 Å². The van der Waals surface area contributed by atoms with Gasteiger partial charge in [0.1, 0.15) is 0 Å². The van der Waals surface area contributed by atoms with Crippen LogP contribution in [-0.4, -0.2) is 19.1 Å². The maximum atomic E-state index is 11.1. The Bertz CT molecular complexity index is 285. The summed E-state index contributed by atoms with van der Waals surface area (Å²) in [6.07, 6.45) is 1.13. The summed E-state index contributed by atoms with van der Waals surface area (Å²) in [5.41, 5.74) is 4.44. The third kappa shape index (κ3) is 3.44. The SMILES string of the molecule is CCC(C)[Si](C=C(C)C(=O)O)(C(C)C)C(C)C. The average Bonchev–Trinajstić information content (AvgIpc) is 2.23. The maximum Gasteiger partial charge on any atom is 0.330 e. The molecule has 0 heterocycles. The number of carboxylic acids is 1. The van der Waals surface area contributed by atoms with Crippen molar-refractivity contribution in [3.05, 3.63) is 11.3 Å². The van der Waals surface area contributed by atoms with E-state index in [0.29, 0.717) is 22.2 Å². The van der Waals surface area contributed by atoms with Crippen molar-refractivity contribution in [2.75, 3.05) is 0 Å². The summed E-state index contributed by atoms with van der Waals surface area (Å²) in [6, 6.07) is 0. The molecule has 0 rings (SSSR count). The second kappa shape index (κ2) is 6.38. The van der Waals surface area contributed by atoms with Crippen molar-refractivity contribution in [1.29, 1.82) is 0 Å². The van der Waals surface area contributed by atoms with Crippen molar-refractivity contribution in [2.24, 2.45) is 0 Å². The third-order valence-electron chi connectivity index (χ3n) is 4.27. The Morgan fingerprint density at radius 1 is 1.18 bits per heavy atom. The van der Waals surface area contributed by atoms with Crippen LogP contribution in [0.15, 0.2) is 11.3 Å². The lowest BCUT2D eigenvalue weighted by Crippen LogP contribution is -2.44. The van der Waals surface area contributed by atoms with Crippen molar-refractivity contribution in [1.82, 2.24) is 0 Å². The van der Waals surface area contributed by atoms with Gasteiger partial charge in [0.2, 0.25) is 0 Å². The summed E-state index contributed by atoms with van der Waals surface area (Å²) in [6.45, 7) is 15.2. The Hall–Kier alpha value is -0.573. The highest BCUT2D eigenvalue weighted by Gasteiger charge is 2.42. The number of rotatable bonds is 6. The molecule has 0 aromatic heterocycles. The number of hydrogen-bond acceptors (Lipinski definition) is 1. The van der Waals surface area contributed by atoms with Gasteiger partial charge in [0.15, 0.2) is 0 Å². The van der Waals surface area contributed by atoms with Crippen LogP contribution in [0.2, 0.25) is 16.6 Å². The monoisotopic (exact) mass is 256 g/mol. The third-order valence-corrected chi connectivity index (χ3v) is 11.3. The summed E-state index contributed by atoms with van der Waals surface area (Å²) >= 11 is 0. The minimum Gasteiger partial charge on any atom is -0.478 e. The van der Waals surface area contributed by atoms with Gasteiger partial charge in [-0.2, -0.15) is 0 Å². The van der Waals surface area contributed by atoms with Crippen LogP contribution >= 0.6 is 0 Å². The van der Waals surface area contributed by atoms with Crippen molar-refractivity contribution in [3.8, 4) is 0 Å². The largest absolute Gasteiger partial charge is 0.478 e. The van der Waals surface area contributed by atoms with E-state index < -0.39 is 14.0 Å². The number of carbonyl (C=O) groups is 1. The van der Waals surface area contributed by atoms with Crippen LogP contribution in [0.3, 0.4) is 0 Å². The van der Waals surface area contributed by atoms with Crippen LogP contribution in [0.1, 0.15) is 54.9 Å². The lowest BCUT2D eigenvalue weighted by Gasteiger charge is -2.42. The van der Waals surface area contributed by atoms with Gasteiger partial charge in [-0.25, -0.2) is 4.79 Å². The van der Waals surface area contributed by atoms with Crippen molar-refractivity contribution in [3.63, 3.8) is 0 Å². The zero-order valence-corrected chi connectivity index (χ0v) is 13.4. The first kappa shape index (κ1) is 16.4. The molecule has 2 nitrogen and oxygen atoms in total. The topological polar surface area (TPSA) is 37.3 Å². The number of carboxylic acid groups (broad SMARTS) is 1. The molecular weight excluding hydrogens is 228 g/mol. The summed E-state index contributed by atoms with van der Waals surface area (Å²) in [7, 11) is -1.72. The zero-order valence-electron chi connectivity index (χ0n) is 12.4. The first-order valence-electron chi connectivity index (χ1n) is 6.62. The van der Waals surface area contributed by atoms with Crippen molar-refractivity contribution >= 4 is 14.0 Å². The van der Waals surface area contributed by atoms with E-state index in [-0.39, 0.29) is 0 Å². The molecule has 1 unspecified atom stereocenters. The molecule has 100 valence electrons. The molecule has 0 saturated heterocycles. The average molecular weight is 256 g/mol. The summed E-state index contributed by atoms with van der Waals surface area (Å²) in [4.78, 5) is 11.1. The van der Waals surface area contributed by atoms with Gasteiger partial charge in [-0.1, -0.05) is 53.7 Å². The molecule has 3 heteroatoms. The fourth-order valence-corrected chi connectivity index (χ4v) is 9.21. The van der Waals surface area contributed by atoms with E-state index in [9.17, 15) is 4.79 Å². The molecule has 0 radical (unpaired) electrons. The smallest absolute Gasteiger partial charge is 0.330 e. The molecule has 1 atom stereocenters. The zero-order chi connectivity index (χ0) is 13.8. The molecule has 0 aliphatic rings. The van der Waals surface area contributed by atoms with Gasteiger partial charge < -0.3 is 5.11 Å². The van der Waals surface area contributed by atoms with Crippen LogP contribution in [0.25, 0.3) is 0 Å². The second-order valence-electron chi connectivity index (χ2n) is 5.75. The van der Waals surface area contributed by atoms with Gasteiger partial charge in [-0.3, -0.25) is 0 Å². The highest BCUT2D eigenvalue weighted by atomic mass is 28.3. The Morgan fingerprint density at radius 3 is 1.82 bits per heavy atom. The Balaban J connectivity index is 5.65. The summed E-state index contributed by atoms with van der Waals surface area (Å²) < 4.78 is 0. The molecular formula is C14H28O2Si. The fourth-order valence-electron chi connectivity index (χ4n) is 3.07. The van der Waals surface area contributed by atoms with Crippen LogP contribution in [0.4, 0.5) is 0 Å². The van der Waals surface area contributed by atoms with Gasteiger partial charge in [0.25, 0.3) is 0 Å². The molecule has 0 aromatic rings. The number of aliphatic carboxylic acids is 1. The van der Waals surface area contributed by atoms with Crippen molar-refractivity contribution in [2.45, 2.75) is 71.5 Å². The Morgan fingerprint density at radius 2 is 1.59 bits per heavy atom. The van der Waals surface area contributed by atoms with Gasteiger partial charge in [0, 0.05) is 5.57 Å². The van der Waals surface area contributed by atoms with Gasteiger partial charge >= 0.3 is 5.97 Å². The highest BCUT2D eigenvalue weighted by molar-refractivity contribution is 6.88. The lowest BCUT2D eigenvalue weighted by molar-refractivity contribution is -0.132. The molecule has 0 fully saturated rings. The van der Waals surface area contributed by atoms with Crippen molar-refractivity contribution < 1.29 is 9.90 Å². The first-order chi connectivity index (χ1) is 7.70. The quantitative estimate of drug-likeness (QED) is 0.556. The second-order valence-corrected chi connectivity index (χ2v) is 11.3. The van der Waals surface area contributed by atoms with E-state index in [0.717, 1.165) is 6.42 Å². The van der Waals surface area contributed by atoms with E-state index in [1.165, 1.54) is 0 Å². The van der Waals surface area contributed by atoms with E-state index in [1.807, 2.05) is 0 Å². The maximum absolute atomic E-state index is 11.1. The van der Waals surface area contributed by atoms with E-state index in [1.54, 1.807) is 6.92 Å². The number of hydrogen-bond donors (Lipinski definition) is 1. The molecule has 0 saturated carbocycles. The van der Waals surface area contributed by atoms with E-state index >= 15 is 0 Å². The highest BCUT2D eigenvalue weighted by Crippen LogP contribution is 2.44. The molecule has 0 aromatic carbocycles. The minimum atomic E-state index is -1.72. The fraction of sp³-hybridized carbons (Fsp3) is 0.786. The predicted molar refractivity (Wildman–Crippen MR) is 77.1 cm³/mol. The summed E-state index contributed by atoms with van der Waals surface area (Å²) in [5, 5.41) is 9.12. The Labute approximate surface area is 107 Å². The Kier molecular flexibility index (Phi) is 6.17. The van der Waals surface area contributed by atoms with Gasteiger partial charge in [-0.15, -0.1) is 0 Å². The molecule has 17 heavy (non-hydrogen) atoms. The van der Waals surface area contributed by atoms with Crippen LogP contribution in [0.5, 0.6) is 0 Å². The lowest BCUT2D eigenvalue weighted by atomic mass is 10.4. The van der Waals surface area contributed by atoms with Crippen LogP contribution < -0.4 is 0 Å².